The van der Waals surface area contributed by atoms with E-state index in [0.717, 1.165) is 55.6 Å². The van der Waals surface area contributed by atoms with Gasteiger partial charge in [-0.05, 0) is 48.5 Å². The molecule has 2 aromatic rings. The van der Waals surface area contributed by atoms with E-state index >= 15 is 0 Å². The molecule has 0 radical (unpaired) electrons. The molecule has 0 atom stereocenters. The Morgan fingerprint density at radius 1 is 1.00 bits per heavy atom. The lowest BCUT2D eigenvalue weighted by atomic mass is 10.3. The van der Waals surface area contributed by atoms with E-state index in [4.69, 9.17) is 9.47 Å². The number of benzene rings is 2. The molecule has 0 saturated carbocycles. The first kappa shape index (κ1) is 20.8. The summed E-state index contributed by atoms with van der Waals surface area (Å²) in [5, 5.41) is 2.18. The number of esters is 1. The van der Waals surface area contributed by atoms with Gasteiger partial charge in [0.1, 0.15) is 29.7 Å². The van der Waals surface area contributed by atoms with Gasteiger partial charge in [-0.25, -0.2) is 18.7 Å². The molecule has 0 aliphatic heterocycles. The second-order valence-corrected chi connectivity index (χ2v) is 6.84. The summed E-state index contributed by atoms with van der Waals surface area (Å²) in [6.45, 7) is -0.690. The average Bonchev–Trinajstić information content (AvgIpc) is 2.62. The highest BCUT2D eigenvalue weighted by molar-refractivity contribution is 7.53. The van der Waals surface area contributed by atoms with Crippen molar-refractivity contribution in [2.75, 3.05) is 13.7 Å². The topological polar surface area (TPSA) is 114 Å². The van der Waals surface area contributed by atoms with Crippen LogP contribution in [0.5, 0.6) is 11.5 Å². The predicted octanol–water partition coefficient (Wildman–Crippen LogP) is 1.97. The monoisotopic (exact) mass is 403 g/mol. The third-order valence-electron chi connectivity index (χ3n) is 3.21. The van der Waals surface area contributed by atoms with Gasteiger partial charge in [0.15, 0.2) is 0 Å². The molecule has 0 amide bonds. The smallest absolute Gasteiger partial charge is 0.428 e. The minimum absolute atomic E-state index is 0.167. The van der Waals surface area contributed by atoms with Gasteiger partial charge in [-0.2, -0.15) is 0 Å². The van der Waals surface area contributed by atoms with Crippen LogP contribution in [0.1, 0.15) is 0 Å². The van der Waals surface area contributed by atoms with Gasteiger partial charge < -0.3 is 24.0 Å². The minimum Gasteiger partial charge on any atom is -0.468 e. The van der Waals surface area contributed by atoms with Gasteiger partial charge in [0.2, 0.25) is 0 Å². The summed E-state index contributed by atoms with van der Waals surface area (Å²) >= 11 is 0. The Labute approximate surface area is 152 Å². The number of ether oxygens (including phenoxy) is 3. The predicted molar refractivity (Wildman–Crippen MR) is 88.8 cm³/mol. The summed E-state index contributed by atoms with van der Waals surface area (Å²) in [7, 11) is -4.20. The van der Waals surface area contributed by atoms with Gasteiger partial charge in [0, 0.05) is 0 Å². The molecule has 146 valence electrons. The Morgan fingerprint density at radius 3 is 1.74 bits per heavy atom. The van der Waals surface area contributed by atoms with E-state index in [-0.39, 0.29) is 11.5 Å². The maximum Gasteiger partial charge on any atom is 0.428 e. The van der Waals surface area contributed by atoms with Crippen LogP contribution in [0.15, 0.2) is 48.5 Å². The molecule has 0 saturated heterocycles. The van der Waals surface area contributed by atoms with Gasteiger partial charge in [-0.3, -0.25) is 4.79 Å². The number of halogens is 2. The Morgan fingerprint density at radius 2 is 1.41 bits per heavy atom. The number of carbonyl (C=O) groups excluding carboxylic acids is 1. The van der Waals surface area contributed by atoms with Crippen LogP contribution in [0.4, 0.5) is 8.78 Å². The molecule has 0 aliphatic rings. The lowest BCUT2D eigenvalue weighted by Gasteiger charge is -2.34. The molecule has 27 heavy (non-hydrogen) atoms. The van der Waals surface area contributed by atoms with Crippen molar-refractivity contribution in [1.82, 2.24) is 5.32 Å². The van der Waals surface area contributed by atoms with E-state index in [0.29, 0.717) is 0 Å². The van der Waals surface area contributed by atoms with Gasteiger partial charge in [-0.1, -0.05) is 0 Å². The van der Waals surface area contributed by atoms with E-state index in [1.54, 1.807) is 0 Å². The fraction of sp³-hybridized carbons (Fsp3) is 0.188. The molecule has 0 aliphatic carbocycles. The third kappa shape index (κ3) is 5.48. The largest absolute Gasteiger partial charge is 0.468 e. The molecule has 8 nitrogen and oxygen atoms in total. The highest BCUT2D eigenvalue weighted by atomic mass is 31.2. The van der Waals surface area contributed by atoms with Crippen molar-refractivity contribution in [3.63, 3.8) is 0 Å². The number of methoxy groups -OCH3 is 1. The summed E-state index contributed by atoms with van der Waals surface area (Å²) in [4.78, 5) is 31.1. The molecule has 0 unspecified atom stereocenters. The van der Waals surface area contributed by atoms with Crippen molar-refractivity contribution in [2.24, 2.45) is 0 Å². The van der Waals surface area contributed by atoms with Gasteiger partial charge in [-0.15, -0.1) is 0 Å². The van der Waals surface area contributed by atoms with Crippen LogP contribution in [0.25, 0.3) is 0 Å². The molecule has 2 aromatic carbocycles. The summed E-state index contributed by atoms with van der Waals surface area (Å²) < 4.78 is 53.3. The van der Waals surface area contributed by atoms with Crippen molar-refractivity contribution in [3.05, 3.63) is 60.2 Å². The fourth-order valence-electron chi connectivity index (χ4n) is 1.90. The standard InChI is InChI=1S/C16H16F2NO7P/c1-24-15(20)10-19-16(27(21,22)23,25-13-6-2-11(17)3-7-13)26-14-8-4-12(18)5-9-14/h2-9,19H,10H2,1H3,(H2,21,22,23). The second-order valence-electron chi connectivity index (χ2n) is 5.17. The van der Waals surface area contributed by atoms with Crippen LogP contribution < -0.4 is 14.8 Å². The van der Waals surface area contributed by atoms with Crippen LogP contribution in [-0.4, -0.2) is 35.1 Å². The number of rotatable bonds is 8. The summed E-state index contributed by atoms with van der Waals surface area (Å²) in [5.41, 5.74) is -2.86. The molecule has 2 rings (SSSR count). The van der Waals surface area contributed by atoms with Crippen molar-refractivity contribution in [1.29, 1.82) is 0 Å². The van der Waals surface area contributed by atoms with Crippen molar-refractivity contribution in [2.45, 2.75) is 5.65 Å². The normalized spacial score (nSPS) is 11.7. The molecule has 0 bridgehead atoms. The second kappa shape index (κ2) is 8.45. The quantitative estimate of drug-likeness (QED) is 0.348. The Balaban J connectivity index is 2.43. The van der Waals surface area contributed by atoms with Gasteiger partial charge in [0.05, 0.1) is 7.11 Å². The van der Waals surface area contributed by atoms with Crippen LogP contribution in [0.3, 0.4) is 0 Å². The molecule has 11 heteroatoms. The van der Waals surface area contributed by atoms with Crippen LogP contribution >= 0.6 is 7.60 Å². The zero-order chi connectivity index (χ0) is 20.1. The fourth-order valence-corrected chi connectivity index (χ4v) is 2.63. The SMILES string of the molecule is COC(=O)CNC(Oc1ccc(F)cc1)(Oc1ccc(F)cc1)P(=O)(O)O. The maximum absolute atomic E-state index is 13.1. The summed E-state index contributed by atoms with van der Waals surface area (Å²) in [6.07, 6.45) is 0. The van der Waals surface area contributed by atoms with Crippen molar-refractivity contribution >= 4 is 13.6 Å². The molecule has 3 N–H and O–H groups in total. The molecule has 0 spiro atoms. The van der Waals surface area contributed by atoms with E-state index in [2.05, 4.69) is 10.1 Å². The van der Waals surface area contributed by atoms with Gasteiger partial charge >= 0.3 is 19.2 Å². The Hall–Kier alpha value is -2.52. The zero-order valence-corrected chi connectivity index (χ0v) is 14.9. The molecular weight excluding hydrogens is 387 g/mol. The summed E-state index contributed by atoms with van der Waals surface area (Å²) in [6, 6.07) is 8.41. The Bertz CT molecular complexity index is 776. The van der Waals surface area contributed by atoms with Crippen LogP contribution in [-0.2, 0) is 14.1 Å². The maximum atomic E-state index is 13.1. The Kier molecular flexibility index (Phi) is 6.50. The van der Waals surface area contributed by atoms with Gasteiger partial charge in [0.25, 0.3) is 0 Å². The van der Waals surface area contributed by atoms with E-state index in [1.165, 1.54) is 0 Å². The van der Waals surface area contributed by atoms with E-state index in [1.807, 2.05) is 0 Å². The number of hydrogen-bond acceptors (Lipinski definition) is 6. The van der Waals surface area contributed by atoms with E-state index < -0.39 is 37.4 Å². The van der Waals surface area contributed by atoms with Crippen LogP contribution in [0, 0.1) is 11.6 Å². The first-order chi connectivity index (χ1) is 12.6. The first-order valence-electron chi connectivity index (χ1n) is 7.42. The molecular formula is C16H16F2NO7P. The van der Waals surface area contributed by atoms with E-state index in [9.17, 15) is 27.9 Å². The van der Waals surface area contributed by atoms with Crippen molar-refractivity contribution in [3.8, 4) is 11.5 Å². The molecule has 0 aromatic heterocycles. The number of hydrogen-bond donors (Lipinski definition) is 3. The van der Waals surface area contributed by atoms with Crippen LogP contribution in [0.2, 0.25) is 0 Å². The highest BCUT2D eigenvalue weighted by Crippen LogP contribution is 2.50. The average molecular weight is 403 g/mol. The number of nitrogens with one attached hydrogen (secondary N) is 1. The molecule has 0 fully saturated rings. The lowest BCUT2D eigenvalue weighted by molar-refractivity contribution is -0.143. The third-order valence-corrected chi connectivity index (χ3v) is 4.31. The molecule has 0 heterocycles. The van der Waals surface area contributed by atoms with Crippen molar-refractivity contribution < 1.29 is 42.1 Å². The first-order valence-corrected chi connectivity index (χ1v) is 9.03. The lowest BCUT2D eigenvalue weighted by Crippen LogP contribution is -2.56. The summed E-state index contributed by atoms with van der Waals surface area (Å²) in [5.74, 6) is -2.41. The highest BCUT2D eigenvalue weighted by Gasteiger charge is 2.54. The number of carbonyl (C=O) groups is 1. The zero-order valence-electron chi connectivity index (χ0n) is 14.0. The minimum atomic E-state index is -5.28.